The molecule has 2 aromatic rings. The van der Waals surface area contributed by atoms with Gasteiger partial charge in [-0.05, 0) is 57.6 Å². The van der Waals surface area contributed by atoms with Crippen molar-refractivity contribution in [3.8, 4) is 5.75 Å². The number of carbonyl (C=O) groups excluding carboxylic acids is 1. The van der Waals surface area contributed by atoms with Crippen LogP contribution in [-0.2, 0) is 0 Å². The van der Waals surface area contributed by atoms with Gasteiger partial charge in [-0.1, -0.05) is 0 Å². The molecule has 0 spiro atoms. The van der Waals surface area contributed by atoms with Crippen molar-refractivity contribution in [2.75, 3.05) is 13.1 Å². The molecule has 1 amide bonds. The Morgan fingerprint density at radius 1 is 1.19 bits per heavy atom. The van der Waals surface area contributed by atoms with Crippen LogP contribution in [0.3, 0.4) is 0 Å². The lowest BCUT2D eigenvalue weighted by Gasteiger charge is -2.35. The Balaban J connectivity index is 1.44. The third-order valence-electron chi connectivity index (χ3n) is 5.77. The minimum Gasteiger partial charge on any atom is -0.486 e. The summed E-state index contributed by atoms with van der Waals surface area (Å²) >= 11 is 1.40. The molecule has 144 valence electrons. The minimum absolute atomic E-state index is 0.0648. The highest BCUT2D eigenvalue weighted by Gasteiger charge is 2.44. The molecule has 1 saturated heterocycles. The molecular formula is C20H25N3O3S. The predicted molar refractivity (Wildman–Crippen MR) is 103 cm³/mol. The number of pyridine rings is 1. The van der Waals surface area contributed by atoms with E-state index < -0.39 is 6.10 Å². The van der Waals surface area contributed by atoms with Gasteiger partial charge in [0.1, 0.15) is 16.7 Å². The first-order valence-corrected chi connectivity index (χ1v) is 10.3. The fraction of sp³-hybridized carbons (Fsp3) is 0.550. The van der Waals surface area contributed by atoms with Crippen LogP contribution in [0.4, 0.5) is 0 Å². The maximum atomic E-state index is 12.8. The zero-order valence-electron chi connectivity index (χ0n) is 15.9. The predicted octanol–water partition coefficient (Wildman–Crippen LogP) is 2.75. The van der Waals surface area contributed by atoms with Gasteiger partial charge >= 0.3 is 0 Å². The zero-order valence-corrected chi connectivity index (χ0v) is 16.7. The van der Waals surface area contributed by atoms with E-state index >= 15 is 0 Å². The van der Waals surface area contributed by atoms with Crippen molar-refractivity contribution in [3.05, 3.63) is 39.6 Å². The Bertz CT molecular complexity index is 853. The number of thiazole rings is 1. The molecule has 4 atom stereocenters. The van der Waals surface area contributed by atoms with Gasteiger partial charge in [0.15, 0.2) is 0 Å². The molecular weight excluding hydrogens is 362 g/mol. The van der Waals surface area contributed by atoms with E-state index in [0.29, 0.717) is 24.8 Å². The number of fused-ring (bicyclic) bond motifs is 1. The highest BCUT2D eigenvalue weighted by atomic mass is 32.1. The second-order valence-corrected chi connectivity index (χ2v) is 8.58. The lowest BCUT2D eigenvalue weighted by Crippen LogP contribution is -2.42. The number of hydrogen-bond donors (Lipinski definition) is 1. The number of aromatic nitrogens is 2. The van der Waals surface area contributed by atoms with Crippen molar-refractivity contribution in [2.45, 2.75) is 45.8 Å². The number of rotatable bonds is 3. The molecule has 1 aliphatic heterocycles. The van der Waals surface area contributed by atoms with E-state index in [1.165, 1.54) is 11.3 Å². The van der Waals surface area contributed by atoms with Crippen LogP contribution in [0, 0.1) is 32.6 Å². The lowest BCUT2D eigenvalue weighted by molar-refractivity contribution is -0.0236. The number of aliphatic hydroxyl groups is 1. The van der Waals surface area contributed by atoms with Gasteiger partial charge in [0, 0.05) is 18.8 Å². The van der Waals surface area contributed by atoms with E-state index in [0.717, 1.165) is 40.7 Å². The molecule has 1 saturated carbocycles. The molecule has 2 aliphatic rings. The molecule has 1 aliphatic carbocycles. The van der Waals surface area contributed by atoms with Gasteiger partial charge in [0.05, 0.1) is 23.0 Å². The topological polar surface area (TPSA) is 75.5 Å². The number of aryl methyl sites for hydroxylation is 3. The Morgan fingerprint density at radius 3 is 2.59 bits per heavy atom. The van der Waals surface area contributed by atoms with Crippen LogP contribution in [0.5, 0.6) is 5.75 Å². The molecule has 7 heteroatoms. The van der Waals surface area contributed by atoms with Crippen molar-refractivity contribution in [2.24, 2.45) is 11.8 Å². The molecule has 2 aromatic heterocycles. The van der Waals surface area contributed by atoms with Crippen LogP contribution in [0.15, 0.2) is 17.6 Å². The van der Waals surface area contributed by atoms with E-state index in [1.54, 1.807) is 5.51 Å². The summed E-state index contributed by atoms with van der Waals surface area (Å²) in [6, 6.07) is 3.85. The van der Waals surface area contributed by atoms with Crippen LogP contribution in [0.1, 0.15) is 39.6 Å². The monoisotopic (exact) mass is 387 g/mol. The smallest absolute Gasteiger partial charge is 0.265 e. The van der Waals surface area contributed by atoms with Gasteiger partial charge in [-0.25, -0.2) is 4.98 Å². The summed E-state index contributed by atoms with van der Waals surface area (Å²) in [5.41, 5.74) is 4.31. The van der Waals surface area contributed by atoms with E-state index in [9.17, 15) is 9.90 Å². The summed E-state index contributed by atoms with van der Waals surface area (Å²) in [4.78, 5) is 24.1. The Kier molecular flexibility index (Phi) is 4.90. The number of hydrogen-bond acceptors (Lipinski definition) is 6. The van der Waals surface area contributed by atoms with E-state index in [4.69, 9.17) is 4.74 Å². The number of ether oxygens (including phenoxy) is 1. The normalized spacial score (nSPS) is 27.5. The average molecular weight is 388 g/mol. The second kappa shape index (κ2) is 7.20. The molecule has 27 heavy (non-hydrogen) atoms. The van der Waals surface area contributed by atoms with Crippen LogP contribution in [0.2, 0.25) is 0 Å². The summed E-state index contributed by atoms with van der Waals surface area (Å²) in [6.45, 7) is 7.17. The largest absolute Gasteiger partial charge is 0.486 e. The molecule has 3 heterocycles. The summed E-state index contributed by atoms with van der Waals surface area (Å²) < 4.78 is 6.12. The van der Waals surface area contributed by atoms with Crippen LogP contribution < -0.4 is 4.74 Å². The van der Waals surface area contributed by atoms with E-state index in [-0.39, 0.29) is 12.0 Å². The number of amides is 1. The molecule has 6 nitrogen and oxygen atoms in total. The van der Waals surface area contributed by atoms with Crippen molar-refractivity contribution in [1.82, 2.24) is 14.9 Å². The average Bonchev–Trinajstić information content (AvgIpc) is 3.22. The van der Waals surface area contributed by atoms with Gasteiger partial charge in [0.2, 0.25) is 0 Å². The molecule has 0 aromatic carbocycles. The summed E-state index contributed by atoms with van der Waals surface area (Å²) in [6.07, 6.45) is 0.644. The van der Waals surface area contributed by atoms with Crippen molar-refractivity contribution < 1.29 is 14.6 Å². The van der Waals surface area contributed by atoms with Crippen LogP contribution in [0.25, 0.3) is 0 Å². The molecule has 1 N–H and O–H groups in total. The van der Waals surface area contributed by atoms with Gasteiger partial charge in [-0.3, -0.25) is 9.78 Å². The summed E-state index contributed by atoms with van der Waals surface area (Å²) in [5, 5.41) is 10.6. The van der Waals surface area contributed by atoms with Crippen molar-refractivity contribution in [1.29, 1.82) is 0 Å². The van der Waals surface area contributed by atoms with Gasteiger partial charge < -0.3 is 14.7 Å². The fourth-order valence-corrected chi connectivity index (χ4v) is 5.06. The number of aliphatic hydroxyl groups excluding tert-OH is 1. The third-order valence-corrected chi connectivity index (χ3v) is 6.68. The molecule has 2 fully saturated rings. The first-order chi connectivity index (χ1) is 12.9. The highest BCUT2D eigenvalue weighted by Crippen LogP contribution is 2.39. The Hall–Kier alpha value is -1.99. The van der Waals surface area contributed by atoms with Crippen molar-refractivity contribution in [3.63, 3.8) is 0 Å². The molecule has 0 radical (unpaired) electrons. The number of likely N-dealkylation sites (tertiary alicyclic amines) is 1. The number of carbonyl (C=O) groups is 1. The minimum atomic E-state index is -0.521. The standard InChI is InChI=1S/C20H25N3O3S/c1-11-4-5-17(12(2)22-11)26-18-7-15-9-23(8-14(15)6-16(18)24)20(25)19-13(3)21-10-27-19/h4-5,10,14-16,18,24H,6-9H2,1-3H3/t14-,15+,16+,18+/m0/s1. The molecule has 0 unspecified atom stereocenters. The number of nitrogens with zero attached hydrogens (tertiary/aromatic N) is 3. The molecule has 4 rings (SSSR count). The first kappa shape index (κ1) is 18.4. The Morgan fingerprint density at radius 2 is 1.93 bits per heavy atom. The summed E-state index contributed by atoms with van der Waals surface area (Å²) in [7, 11) is 0. The summed E-state index contributed by atoms with van der Waals surface area (Å²) in [5.74, 6) is 1.48. The lowest BCUT2D eigenvalue weighted by atomic mass is 9.78. The first-order valence-electron chi connectivity index (χ1n) is 9.40. The van der Waals surface area contributed by atoms with Crippen LogP contribution >= 0.6 is 11.3 Å². The van der Waals surface area contributed by atoms with Crippen molar-refractivity contribution >= 4 is 17.2 Å². The maximum absolute atomic E-state index is 12.8. The quantitative estimate of drug-likeness (QED) is 0.876. The van der Waals surface area contributed by atoms with E-state index in [2.05, 4.69) is 9.97 Å². The van der Waals surface area contributed by atoms with Gasteiger partial charge in [-0.15, -0.1) is 11.3 Å². The van der Waals surface area contributed by atoms with Gasteiger partial charge in [-0.2, -0.15) is 0 Å². The van der Waals surface area contributed by atoms with Crippen LogP contribution in [-0.4, -0.2) is 51.2 Å². The third kappa shape index (κ3) is 3.58. The highest BCUT2D eigenvalue weighted by molar-refractivity contribution is 7.11. The second-order valence-electron chi connectivity index (χ2n) is 7.73. The maximum Gasteiger partial charge on any atom is 0.265 e. The van der Waals surface area contributed by atoms with E-state index in [1.807, 2.05) is 37.8 Å². The van der Waals surface area contributed by atoms with Gasteiger partial charge in [0.25, 0.3) is 5.91 Å². The fourth-order valence-electron chi connectivity index (χ4n) is 4.29. The Labute approximate surface area is 163 Å². The molecule has 0 bridgehead atoms. The SMILES string of the molecule is Cc1ccc(O[C@@H]2C[C@@H]3CN(C(=O)c4scnc4C)C[C@@H]3C[C@H]2O)c(C)n1. The zero-order chi connectivity index (χ0) is 19.1.